The van der Waals surface area contributed by atoms with Crippen LogP contribution >= 0.6 is 0 Å². The van der Waals surface area contributed by atoms with Gasteiger partial charge >= 0.3 is 0 Å². The zero-order valence-corrected chi connectivity index (χ0v) is 14.2. The molecule has 0 fully saturated rings. The number of rotatable bonds is 6. The summed E-state index contributed by atoms with van der Waals surface area (Å²) in [5, 5.41) is 0. The maximum absolute atomic E-state index is 5.33. The Morgan fingerprint density at radius 1 is 0.700 bits per heavy atom. The fourth-order valence-corrected chi connectivity index (χ4v) is 0.979. The Hall–Kier alpha value is -0.600. The van der Waals surface area contributed by atoms with Gasteiger partial charge in [0.05, 0.1) is 11.2 Å². The predicted octanol–water partition coefficient (Wildman–Crippen LogP) is 4.04. The highest BCUT2D eigenvalue weighted by molar-refractivity contribution is 5.09. The molecule has 2 unspecified atom stereocenters. The van der Waals surface area contributed by atoms with Gasteiger partial charge in [-0.2, -0.15) is 0 Å². The second-order valence-electron chi connectivity index (χ2n) is 6.67. The second-order valence-corrected chi connectivity index (χ2v) is 6.67. The SMILES string of the molecule is CCC(C#CC(CC)OOC(C)(C)C)OOC(C)(C)C. The molecule has 20 heavy (non-hydrogen) atoms. The van der Waals surface area contributed by atoms with Crippen molar-refractivity contribution in [1.29, 1.82) is 0 Å². The van der Waals surface area contributed by atoms with E-state index in [-0.39, 0.29) is 23.4 Å². The van der Waals surface area contributed by atoms with E-state index in [0.717, 1.165) is 12.8 Å². The maximum atomic E-state index is 5.33. The third-order valence-electron chi connectivity index (χ3n) is 1.98. The zero-order chi connectivity index (χ0) is 15.8. The molecule has 0 aromatic rings. The fourth-order valence-electron chi connectivity index (χ4n) is 0.979. The summed E-state index contributed by atoms with van der Waals surface area (Å²) in [6, 6.07) is 0. The van der Waals surface area contributed by atoms with Gasteiger partial charge in [0.15, 0.2) is 12.2 Å². The Morgan fingerprint density at radius 2 is 1.00 bits per heavy atom. The third-order valence-corrected chi connectivity index (χ3v) is 1.98. The average Bonchev–Trinajstić information content (AvgIpc) is 2.30. The van der Waals surface area contributed by atoms with Gasteiger partial charge in [0, 0.05) is 0 Å². The first-order valence-corrected chi connectivity index (χ1v) is 7.27. The van der Waals surface area contributed by atoms with E-state index in [1.165, 1.54) is 0 Å². The predicted molar refractivity (Wildman–Crippen MR) is 79.8 cm³/mol. The Kier molecular flexibility index (Phi) is 8.38. The van der Waals surface area contributed by atoms with E-state index in [4.69, 9.17) is 19.6 Å². The summed E-state index contributed by atoms with van der Waals surface area (Å²) in [5.41, 5.74) is -0.684. The van der Waals surface area contributed by atoms with Crippen LogP contribution in [0, 0.1) is 11.8 Å². The molecule has 0 heterocycles. The minimum atomic E-state index is -0.342. The molecule has 0 amide bonds. The molecule has 118 valence electrons. The van der Waals surface area contributed by atoms with E-state index in [9.17, 15) is 0 Å². The first-order chi connectivity index (χ1) is 9.07. The van der Waals surface area contributed by atoms with Gasteiger partial charge in [-0.3, -0.25) is 0 Å². The molecule has 0 bridgehead atoms. The van der Waals surface area contributed by atoms with Crippen LogP contribution in [0.15, 0.2) is 0 Å². The molecule has 0 aromatic carbocycles. The normalized spacial score (nSPS) is 15.4. The van der Waals surface area contributed by atoms with Crippen molar-refractivity contribution in [2.24, 2.45) is 0 Å². The first-order valence-electron chi connectivity index (χ1n) is 7.27. The molecular weight excluding hydrogens is 256 g/mol. The lowest BCUT2D eigenvalue weighted by molar-refractivity contribution is -0.365. The van der Waals surface area contributed by atoms with Crippen LogP contribution in [0.1, 0.15) is 68.2 Å². The minimum absolute atomic E-state index is 0.262. The number of hydrogen-bond donors (Lipinski definition) is 0. The topological polar surface area (TPSA) is 36.9 Å². The van der Waals surface area contributed by atoms with Gasteiger partial charge in [-0.05, 0) is 54.4 Å². The standard InChI is InChI=1S/C16H30O4/c1-9-13(17-19-15(3,4)5)11-12-14(10-2)18-20-16(6,7)8/h13-14H,9-10H2,1-8H3. The molecule has 2 atom stereocenters. The average molecular weight is 286 g/mol. The van der Waals surface area contributed by atoms with Gasteiger partial charge in [-0.25, -0.2) is 19.6 Å². The third kappa shape index (κ3) is 11.2. The van der Waals surface area contributed by atoms with Gasteiger partial charge in [-0.15, -0.1) is 0 Å². The van der Waals surface area contributed by atoms with Crippen LogP contribution in [0.3, 0.4) is 0 Å². The van der Waals surface area contributed by atoms with Gasteiger partial charge in [0.2, 0.25) is 0 Å². The van der Waals surface area contributed by atoms with Crippen LogP contribution < -0.4 is 0 Å². The highest BCUT2D eigenvalue weighted by Crippen LogP contribution is 2.12. The van der Waals surface area contributed by atoms with Crippen molar-refractivity contribution in [2.75, 3.05) is 0 Å². The van der Waals surface area contributed by atoms with Gasteiger partial charge in [0.1, 0.15) is 0 Å². The van der Waals surface area contributed by atoms with E-state index in [2.05, 4.69) is 11.8 Å². The lowest BCUT2D eigenvalue weighted by Crippen LogP contribution is -2.24. The van der Waals surface area contributed by atoms with Crippen LogP contribution in [0.2, 0.25) is 0 Å². The summed E-state index contributed by atoms with van der Waals surface area (Å²) in [6.07, 6.45) is 0.974. The second kappa shape index (κ2) is 8.63. The molecule has 0 rings (SSSR count). The van der Waals surface area contributed by atoms with E-state index in [0.29, 0.717) is 0 Å². The molecule has 0 aliphatic carbocycles. The molecule has 0 aliphatic rings. The lowest BCUT2D eigenvalue weighted by Gasteiger charge is -2.21. The van der Waals surface area contributed by atoms with Crippen molar-refractivity contribution < 1.29 is 19.6 Å². The Bertz CT molecular complexity index is 284. The Morgan fingerprint density at radius 3 is 1.20 bits per heavy atom. The lowest BCUT2D eigenvalue weighted by atomic mass is 10.2. The highest BCUT2D eigenvalue weighted by atomic mass is 17.2. The molecular formula is C16H30O4. The Labute approximate surface area is 124 Å². The monoisotopic (exact) mass is 286 g/mol. The van der Waals surface area contributed by atoms with Crippen LogP contribution in [0.5, 0.6) is 0 Å². The Balaban J connectivity index is 4.39. The summed E-state index contributed by atoms with van der Waals surface area (Å²) in [4.78, 5) is 21.2. The minimum Gasteiger partial charge on any atom is -0.230 e. The van der Waals surface area contributed by atoms with Crippen molar-refractivity contribution in [2.45, 2.75) is 91.6 Å². The van der Waals surface area contributed by atoms with Crippen LogP contribution in [0.25, 0.3) is 0 Å². The largest absolute Gasteiger partial charge is 0.230 e. The van der Waals surface area contributed by atoms with Gasteiger partial charge in [0.25, 0.3) is 0 Å². The van der Waals surface area contributed by atoms with Crippen molar-refractivity contribution >= 4 is 0 Å². The van der Waals surface area contributed by atoms with Crippen LogP contribution in [-0.2, 0) is 19.6 Å². The number of hydrogen-bond acceptors (Lipinski definition) is 4. The van der Waals surface area contributed by atoms with Crippen molar-refractivity contribution in [3.63, 3.8) is 0 Å². The van der Waals surface area contributed by atoms with E-state index in [1.54, 1.807) is 0 Å². The van der Waals surface area contributed by atoms with E-state index in [1.807, 2.05) is 55.4 Å². The van der Waals surface area contributed by atoms with E-state index < -0.39 is 0 Å². The van der Waals surface area contributed by atoms with Crippen LogP contribution in [-0.4, -0.2) is 23.4 Å². The quantitative estimate of drug-likeness (QED) is 0.419. The van der Waals surface area contributed by atoms with Crippen LogP contribution in [0.4, 0.5) is 0 Å². The molecule has 0 spiro atoms. The highest BCUT2D eigenvalue weighted by Gasteiger charge is 2.16. The molecule has 4 heteroatoms. The molecule has 0 saturated heterocycles. The summed E-state index contributed by atoms with van der Waals surface area (Å²) >= 11 is 0. The first kappa shape index (κ1) is 19.4. The molecule has 4 nitrogen and oxygen atoms in total. The molecule has 0 aliphatic heterocycles. The van der Waals surface area contributed by atoms with Crippen molar-refractivity contribution in [1.82, 2.24) is 0 Å². The van der Waals surface area contributed by atoms with Crippen molar-refractivity contribution in [3.8, 4) is 11.8 Å². The maximum Gasteiger partial charge on any atom is 0.153 e. The fraction of sp³-hybridized carbons (Fsp3) is 0.875. The smallest absolute Gasteiger partial charge is 0.153 e. The van der Waals surface area contributed by atoms with Gasteiger partial charge < -0.3 is 0 Å². The zero-order valence-electron chi connectivity index (χ0n) is 14.2. The summed E-state index contributed by atoms with van der Waals surface area (Å²) in [5.74, 6) is 6.05. The summed E-state index contributed by atoms with van der Waals surface area (Å²) < 4.78 is 0. The van der Waals surface area contributed by atoms with Crippen molar-refractivity contribution in [3.05, 3.63) is 0 Å². The van der Waals surface area contributed by atoms with Gasteiger partial charge in [-0.1, -0.05) is 25.7 Å². The van der Waals surface area contributed by atoms with E-state index >= 15 is 0 Å². The summed E-state index contributed by atoms with van der Waals surface area (Å²) in [7, 11) is 0. The molecule has 0 N–H and O–H groups in total. The molecule has 0 aromatic heterocycles. The molecule has 0 saturated carbocycles. The molecule has 0 radical (unpaired) electrons. The summed E-state index contributed by atoms with van der Waals surface area (Å²) in [6.45, 7) is 15.6.